The molecule has 102 valence electrons. The number of rotatable bonds is 5. The Morgan fingerprint density at radius 1 is 1.25 bits per heavy atom. The maximum absolute atomic E-state index is 11.0. The summed E-state index contributed by atoms with van der Waals surface area (Å²) in [6.45, 7) is 0.434. The van der Waals surface area contributed by atoms with Crippen LogP contribution in [0.15, 0.2) is 42.6 Å². The minimum atomic E-state index is -0.966. The summed E-state index contributed by atoms with van der Waals surface area (Å²) in [7, 11) is 0. The molecule has 20 heavy (non-hydrogen) atoms. The monoisotopic (exact) mass is 271 g/mol. The number of nitrogens with two attached hydrogens (primary N) is 1. The average Bonchev–Trinajstić information content (AvgIpc) is 2.45. The van der Waals surface area contributed by atoms with E-state index in [-0.39, 0.29) is 11.3 Å². The molecule has 1 heterocycles. The van der Waals surface area contributed by atoms with Crippen LogP contribution < -0.4 is 11.1 Å². The molecule has 0 atom stereocenters. The molecule has 0 spiro atoms. The highest BCUT2D eigenvalue weighted by Crippen LogP contribution is 2.11. The van der Waals surface area contributed by atoms with Gasteiger partial charge in [0.05, 0.1) is 5.56 Å². The highest BCUT2D eigenvalue weighted by molar-refractivity contribution is 5.91. The number of carbonyl (C=O) groups excluding carboxylic acids is 1. The van der Waals surface area contributed by atoms with Crippen LogP contribution in [0.3, 0.4) is 0 Å². The zero-order valence-electron chi connectivity index (χ0n) is 10.5. The molecule has 0 saturated carbocycles. The van der Waals surface area contributed by atoms with E-state index in [4.69, 9.17) is 10.8 Å². The molecule has 6 nitrogen and oxygen atoms in total. The third-order valence-corrected chi connectivity index (χ3v) is 2.68. The van der Waals surface area contributed by atoms with Crippen molar-refractivity contribution in [3.05, 3.63) is 59.4 Å². The number of carbonyl (C=O) groups is 2. The number of hydrogen-bond donors (Lipinski definition) is 3. The molecule has 0 aliphatic carbocycles. The maximum Gasteiger partial charge on any atom is 0.335 e. The van der Waals surface area contributed by atoms with Crippen molar-refractivity contribution >= 4 is 17.6 Å². The highest BCUT2D eigenvalue weighted by atomic mass is 16.4. The number of nitrogens with one attached hydrogen (secondary N) is 1. The van der Waals surface area contributed by atoms with E-state index in [0.717, 1.165) is 5.56 Å². The second-order valence-electron chi connectivity index (χ2n) is 4.15. The second-order valence-corrected chi connectivity index (χ2v) is 4.15. The van der Waals surface area contributed by atoms with Gasteiger partial charge in [0.2, 0.25) is 0 Å². The molecule has 1 aromatic carbocycles. The number of pyridine rings is 1. The van der Waals surface area contributed by atoms with Crippen molar-refractivity contribution in [1.82, 2.24) is 4.98 Å². The predicted octanol–water partition coefficient (Wildman–Crippen LogP) is 1.49. The average molecular weight is 271 g/mol. The Morgan fingerprint density at radius 2 is 2.05 bits per heavy atom. The van der Waals surface area contributed by atoms with E-state index in [2.05, 4.69) is 10.3 Å². The first-order chi connectivity index (χ1) is 9.56. The summed E-state index contributed by atoms with van der Waals surface area (Å²) < 4.78 is 0. The Morgan fingerprint density at radius 3 is 2.75 bits per heavy atom. The van der Waals surface area contributed by atoms with E-state index in [1.807, 2.05) is 6.07 Å². The van der Waals surface area contributed by atoms with E-state index in [9.17, 15) is 9.59 Å². The van der Waals surface area contributed by atoms with Gasteiger partial charge in [-0.3, -0.25) is 9.78 Å². The number of anilines is 1. The number of nitrogens with zero attached hydrogens (tertiary/aromatic N) is 1. The van der Waals surface area contributed by atoms with Crippen LogP contribution in [0.1, 0.15) is 26.4 Å². The molecule has 1 aromatic heterocycles. The van der Waals surface area contributed by atoms with E-state index in [1.54, 1.807) is 24.3 Å². The van der Waals surface area contributed by atoms with Crippen molar-refractivity contribution in [2.75, 3.05) is 5.32 Å². The van der Waals surface area contributed by atoms with E-state index in [0.29, 0.717) is 12.2 Å². The molecule has 0 bridgehead atoms. The fraction of sp³-hybridized carbons (Fsp3) is 0.0714. The highest BCUT2D eigenvalue weighted by Gasteiger charge is 2.05. The van der Waals surface area contributed by atoms with Gasteiger partial charge < -0.3 is 16.2 Å². The molecule has 0 saturated heterocycles. The molecular formula is C14H13N3O3. The fourth-order valence-corrected chi connectivity index (χ4v) is 1.69. The van der Waals surface area contributed by atoms with E-state index >= 15 is 0 Å². The molecule has 2 rings (SSSR count). The number of hydrogen-bond acceptors (Lipinski definition) is 4. The smallest absolute Gasteiger partial charge is 0.335 e. The summed E-state index contributed by atoms with van der Waals surface area (Å²) in [6, 6.07) is 9.86. The maximum atomic E-state index is 11.0. The number of benzene rings is 1. The van der Waals surface area contributed by atoms with Gasteiger partial charge in [-0.1, -0.05) is 12.1 Å². The van der Waals surface area contributed by atoms with Crippen molar-refractivity contribution in [2.24, 2.45) is 5.73 Å². The van der Waals surface area contributed by atoms with Crippen LogP contribution >= 0.6 is 0 Å². The Kier molecular flexibility index (Phi) is 3.95. The minimum absolute atomic E-state index is 0.175. The summed E-state index contributed by atoms with van der Waals surface area (Å²) in [4.78, 5) is 25.7. The first-order valence-electron chi connectivity index (χ1n) is 5.88. The van der Waals surface area contributed by atoms with Gasteiger partial charge in [-0.15, -0.1) is 0 Å². The van der Waals surface area contributed by atoms with Gasteiger partial charge in [-0.25, -0.2) is 4.79 Å². The van der Waals surface area contributed by atoms with E-state index in [1.165, 1.54) is 12.3 Å². The number of aromatic carboxylic acids is 1. The zero-order valence-corrected chi connectivity index (χ0v) is 10.5. The topological polar surface area (TPSA) is 105 Å². The van der Waals surface area contributed by atoms with Crippen molar-refractivity contribution in [2.45, 2.75) is 6.54 Å². The van der Waals surface area contributed by atoms with Gasteiger partial charge in [0.15, 0.2) is 0 Å². The Bertz CT molecular complexity index is 598. The molecule has 0 radical (unpaired) electrons. The number of aromatic nitrogens is 1. The second kappa shape index (κ2) is 5.83. The van der Waals surface area contributed by atoms with Crippen molar-refractivity contribution in [1.29, 1.82) is 0 Å². The largest absolute Gasteiger partial charge is 0.478 e. The molecule has 0 fully saturated rings. The molecule has 2 aromatic rings. The first kappa shape index (κ1) is 13.5. The number of amides is 1. The molecule has 4 N–H and O–H groups in total. The van der Waals surface area contributed by atoms with Crippen LogP contribution in [0, 0.1) is 0 Å². The van der Waals surface area contributed by atoms with Crippen molar-refractivity contribution in [3.8, 4) is 0 Å². The van der Waals surface area contributed by atoms with Crippen molar-refractivity contribution < 1.29 is 14.7 Å². The number of carboxylic acid groups (broad SMARTS) is 1. The first-order valence-corrected chi connectivity index (χ1v) is 5.88. The quantitative estimate of drug-likeness (QED) is 0.764. The third kappa shape index (κ3) is 3.32. The Hall–Kier alpha value is -2.89. The van der Waals surface area contributed by atoms with Gasteiger partial charge >= 0.3 is 5.97 Å². The van der Waals surface area contributed by atoms with E-state index < -0.39 is 11.9 Å². The lowest BCUT2D eigenvalue weighted by molar-refractivity contribution is 0.0696. The summed E-state index contributed by atoms with van der Waals surface area (Å²) >= 11 is 0. The van der Waals surface area contributed by atoms with Crippen molar-refractivity contribution in [3.63, 3.8) is 0 Å². The van der Waals surface area contributed by atoms with Crippen LogP contribution in [0.4, 0.5) is 5.69 Å². The van der Waals surface area contributed by atoms with Crippen LogP contribution in [0.5, 0.6) is 0 Å². The lowest BCUT2D eigenvalue weighted by atomic mass is 10.1. The molecular weight excluding hydrogens is 258 g/mol. The van der Waals surface area contributed by atoms with Gasteiger partial charge in [0.25, 0.3) is 5.91 Å². The third-order valence-electron chi connectivity index (χ3n) is 2.68. The van der Waals surface area contributed by atoms with Gasteiger partial charge in [0.1, 0.15) is 5.69 Å². The predicted molar refractivity (Wildman–Crippen MR) is 73.5 cm³/mol. The van der Waals surface area contributed by atoms with Gasteiger partial charge in [-0.05, 0) is 29.8 Å². The van der Waals surface area contributed by atoms with Crippen LogP contribution in [-0.4, -0.2) is 22.0 Å². The Balaban J connectivity index is 2.08. The molecule has 1 amide bonds. The van der Waals surface area contributed by atoms with Crippen LogP contribution in [-0.2, 0) is 6.54 Å². The number of primary amides is 1. The Labute approximate surface area is 115 Å². The summed E-state index contributed by atoms with van der Waals surface area (Å²) in [5.41, 5.74) is 7.07. The molecule has 6 heteroatoms. The molecule has 0 aliphatic rings. The van der Waals surface area contributed by atoms with Gasteiger partial charge in [0, 0.05) is 18.4 Å². The SMILES string of the molecule is NC(=O)c1cc(NCc2cccc(C(=O)O)c2)ccn1. The summed E-state index contributed by atoms with van der Waals surface area (Å²) in [6.07, 6.45) is 1.48. The van der Waals surface area contributed by atoms with Crippen LogP contribution in [0.25, 0.3) is 0 Å². The fourth-order valence-electron chi connectivity index (χ4n) is 1.69. The number of carboxylic acids is 1. The zero-order chi connectivity index (χ0) is 14.5. The summed E-state index contributed by atoms with van der Waals surface area (Å²) in [5, 5.41) is 12.0. The summed E-state index contributed by atoms with van der Waals surface area (Å²) in [5.74, 6) is -1.56. The van der Waals surface area contributed by atoms with Crippen LogP contribution in [0.2, 0.25) is 0 Å². The minimum Gasteiger partial charge on any atom is -0.478 e. The molecule has 0 aliphatic heterocycles. The lowest BCUT2D eigenvalue weighted by Crippen LogP contribution is -2.13. The normalized spacial score (nSPS) is 10.0. The molecule has 0 unspecified atom stereocenters. The lowest BCUT2D eigenvalue weighted by Gasteiger charge is -2.07. The standard InChI is InChI=1S/C14H13N3O3/c15-13(18)12-7-11(4-5-16-12)17-8-9-2-1-3-10(6-9)14(19)20/h1-7H,8H2,(H2,15,18)(H,16,17)(H,19,20). The van der Waals surface area contributed by atoms with Gasteiger partial charge in [-0.2, -0.15) is 0 Å².